The second-order valence-electron chi connectivity index (χ2n) is 5.05. The molecule has 3 aromatic rings. The van der Waals surface area contributed by atoms with Gasteiger partial charge in [0.1, 0.15) is 0 Å². The third-order valence-electron chi connectivity index (χ3n) is 3.53. The summed E-state index contributed by atoms with van der Waals surface area (Å²) in [7, 11) is 0. The minimum Gasteiger partial charge on any atom is -0.361 e. The number of carbonyl (C=O) groups excluding carboxylic acids is 1. The Morgan fingerprint density at radius 1 is 1.24 bits per heavy atom. The van der Waals surface area contributed by atoms with Crippen LogP contribution < -0.4 is 5.32 Å². The first-order valence-electron chi connectivity index (χ1n) is 7.00. The first-order chi connectivity index (χ1) is 10.2. The van der Waals surface area contributed by atoms with Gasteiger partial charge in [0.15, 0.2) is 0 Å². The molecule has 2 N–H and O–H groups in total. The number of benzene rings is 1. The number of pyridine rings is 1. The van der Waals surface area contributed by atoms with Gasteiger partial charge in [0.2, 0.25) is 0 Å². The average Bonchev–Trinajstić information content (AvgIpc) is 2.91. The fourth-order valence-corrected chi connectivity index (χ4v) is 2.35. The molecular formula is C17H17N3O. The van der Waals surface area contributed by atoms with Gasteiger partial charge in [0.05, 0.1) is 5.56 Å². The molecule has 0 fully saturated rings. The summed E-state index contributed by atoms with van der Waals surface area (Å²) in [5.74, 6) is -0.0812. The van der Waals surface area contributed by atoms with Crippen LogP contribution in [-0.2, 0) is 6.42 Å². The largest absolute Gasteiger partial charge is 0.361 e. The molecule has 0 atom stereocenters. The number of hydrogen-bond donors (Lipinski definition) is 2. The molecule has 0 saturated carbocycles. The lowest BCUT2D eigenvalue weighted by molar-refractivity contribution is 0.0954. The van der Waals surface area contributed by atoms with Gasteiger partial charge in [-0.05, 0) is 37.1 Å². The van der Waals surface area contributed by atoms with Crippen LogP contribution in [-0.4, -0.2) is 22.4 Å². The van der Waals surface area contributed by atoms with Gasteiger partial charge < -0.3 is 10.3 Å². The third-order valence-corrected chi connectivity index (χ3v) is 3.53. The highest BCUT2D eigenvalue weighted by Crippen LogP contribution is 2.17. The number of para-hydroxylation sites is 1. The molecule has 0 saturated heterocycles. The molecule has 106 valence electrons. The van der Waals surface area contributed by atoms with Crippen molar-refractivity contribution in [2.75, 3.05) is 6.54 Å². The van der Waals surface area contributed by atoms with Crippen LogP contribution in [0.15, 0.2) is 48.8 Å². The van der Waals surface area contributed by atoms with Crippen molar-refractivity contribution < 1.29 is 4.79 Å². The average molecular weight is 279 g/mol. The van der Waals surface area contributed by atoms with E-state index in [1.54, 1.807) is 12.3 Å². The minimum absolute atomic E-state index is 0.0812. The zero-order valence-corrected chi connectivity index (χ0v) is 11.9. The molecule has 1 amide bonds. The number of aryl methyl sites for hydroxylation is 1. The highest BCUT2D eigenvalue weighted by molar-refractivity contribution is 5.93. The van der Waals surface area contributed by atoms with E-state index in [-0.39, 0.29) is 5.91 Å². The maximum atomic E-state index is 12.0. The smallest absolute Gasteiger partial charge is 0.252 e. The predicted octanol–water partition coefficient (Wildman–Crippen LogP) is 2.84. The zero-order chi connectivity index (χ0) is 14.7. The number of aromatic nitrogens is 2. The van der Waals surface area contributed by atoms with Crippen molar-refractivity contribution in [3.8, 4) is 0 Å². The second-order valence-corrected chi connectivity index (χ2v) is 5.05. The summed E-state index contributed by atoms with van der Waals surface area (Å²) in [6.45, 7) is 2.51. The van der Waals surface area contributed by atoms with Gasteiger partial charge in [-0.1, -0.05) is 18.2 Å². The van der Waals surface area contributed by atoms with Crippen molar-refractivity contribution in [2.45, 2.75) is 13.3 Å². The van der Waals surface area contributed by atoms with E-state index < -0.39 is 0 Å². The molecule has 0 bridgehead atoms. The van der Waals surface area contributed by atoms with Crippen molar-refractivity contribution in [2.24, 2.45) is 0 Å². The lowest BCUT2D eigenvalue weighted by atomic mass is 10.1. The molecule has 0 aliphatic rings. The summed E-state index contributed by atoms with van der Waals surface area (Å²) >= 11 is 0. The van der Waals surface area contributed by atoms with E-state index in [0.29, 0.717) is 12.1 Å². The molecule has 4 heteroatoms. The third kappa shape index (κ3) is 2.94. The summed E-state index contributed by atoms with van der Waals surface area (Å²) in [5.41, 5.74) is 3.85. The van der Waals surface area contributed by atoms with Crippen molar-refractivity contribution >= 4 is 16.8 Å². The molecule has 4 nitrogen and oxygen atoms in total. The Balaban J connectivity index is 1.61. The van der Waals surface area contributed by atoms with Crippen LogP contribution in [0.2, 0.25) is 0 Å². The molecule has 2 aromatic heterocycles. The summed E-state index contributed by atoms with van der Waals surface area (Å²) in [4.78, 5) is 19.4. The summed E-state index contributed by atoms with van der Waals surface area (Å²) < 4.78 is 0. The van der Waals surface area contributed by atoms with E-state index in [1.165, 1.54) is 10.9 Å². The number of hydrogen-bond acceptors (Lipinski definition) is 2. The maximum absolute atomic E-state index is 12.0. The Bertz CT molecular complexity index is 759. The monoisotopic (exact) mass is 279 g/mol. The molecule has 3 rings (SSSR count). The molecular weight excluding hydrogens is 262 g/mol. The molecule has 2 heterocycles. The molecule has 0 aliphatic carbocycles. The predicted molar refractivity (Wildman–Crippen MR) is 83.3 cm³/mol. The van der Waals surface area contributed by atoms with Gasteiger partial charge in [0, 0.05) is 35.5 Å². The van der Waals surface area contributed by atoms with Gasteiger partial charge in [-0.25, -0.2) is 0 Å². The van der Waals surface area contributed by atoms with E-state index >= 15 is 0 Å². The Morgan fingerprint density at radius 3 is 2.90 bits per heavy atom. The standard InChI is InChI=1S/C17H17N3O/c1-12-6-7-14(11-19-12)17(21)18-9-8-13-10-20-16-5-3-2-4-15(13)16/h2-7,10-11,20H,8-9H2,1H3,(H,18,21). The number of amides is 1. The van der Waals surface area contributed by atoms with E-state index in [4.69, 9.17) is 0 Å². The van der Waals surface area contributed by atoms with Crippen molar-refractivity contribution in [1.82, 2.24) is 15.3 Å². The highest BCUT2D eigenvalue weighted by Gasteiger charge is 2.06. The zero-order valence-electron chi connectivity index (χ0n) is 11.9. The molecule has 0 aliphatic heterocycles. The number of nitrogens with one attached hydrogen (secondary N) is 2. The Hall–Kier alpha value is -2.62. The van der Waals surface area contributed by atoms with Gasteiger partial charge in [0.25, 0.3) is 5.91 Å². The van der Waals surface area contributed by atoms with Gasteiger partial charge >= 0.3 is 0 Å². The van der Waals surface area contributed by atoms with Crippen molar-refractivity contribution in [3.63, 3.8) is 0 Å². The van der Waals surface area contributed by atoms with Crippen LogP contribution in [0.5, 0.6) is 0 Å². The van der Waals surface area contributed by atoms with Gasteiger partial charge in [-0.3, -0.25) is 9.78 Å². The van der Waals surface area contributed by atoms with Gasteiger partial charge in [-0.15, -0.1) is 0 Å². The number of H-pyrrole nitrogens is 1. The quantitative estimate of drug-likeness (QED) is 0.771. The van der Waals surface area contributed by atoms with E-state index in [1.807, 2.05) is 31.3 Å². The first kappa shape index (κ1) is 13.4. The number of aromatic amines is 1. The van der Waals surface area contributed by atoms with Crippen LogP contribution in [0.3, 0.4) is 0 Å². The highest BCUT2D eigenvalue weighted by atomic mass is 16.1. The van der Waals surface area contributed by atoms with Crippen molar-refractivity contribution in [1.29, 1.82) is 0 Å². The number of carbonyl (C=O) groups is 1. The fourth-order valence-electron chi connectivity index (χ4n) is 2.35. The van der Waals surface area contributed by atoms with Crippen LogP contribution in [0.1, 0.15) is 21.6 Å². The molecule has 0 unspecified atom stereocenters. The number of nitrogens with zero attached hydrogens (tertiary/aromatic N) is 1. The van der Waals surface area contributed by atoms with Gasteiger partial charge in [-0.2, -0.15) is 0 Å². The maximum Gasteiger partial charge on any atom is 0.252 e. The van der Waals surface area contributed by atoms with Crippen LogP contribution >= 0.6 is 0 Å². The molecule has 0 spiro atoms. The number of fused-ring (bicyclic) bond motifs is 1. The topological polar surface area (TPSA) is 57.8 Å². The van der Waals surface area contributed by atoms with Crippen molar-refractivity contribution in [3.05, 3.63) is 65.6 Å². The van der Waals surface area contributed by atoms with E-state index in [9.17, 15) is 4.79 Å². The van der Waals surface area contributed by atoms with E-state index in [0.717, 1.165) is 17.6 Å². The summed E-state index contributed by atoms with van der Waals surface area (Å²) in [6, 6.07) is 11.8. The normalized spacial score (nSPS) is 10.7. The molecule has 0 radical (unpaired) electrons. The lowest BCUT2D eigenvalue weighted by Crippen LogP contribution is -2.25. The van der Waals surface area contributed by atoms with Crippen LogP contribution in [0.25, 0.3) is 10.9 Å². The SMILES string of the molecule is Cc1ccc(C(=O)NCCc2c[nH]c3ccccc23)cn1. The number of rotatable bonds is 4. The fraction of sp³-hybridized carbons (Fsp3) is 0.176. The van der Waals surface area contributed by atoms with E-state index in [2.05, 4.69) is 27.4 Å². The Morgan fingerprint density at radius 2 is 2.10 bits per heavy atom. The minimum atomic E-state index is -0.0812. The summed E-state index contributed by atoms with van der Waals surface area (Å²) in [5, 5.41) is 4.14. The van der Waals surface area contributed by atoms with Crippen LogP contribution in [0, 0.1) is 6.92 Å². The second kappa shape index (κ2) is 5.79. The summed E-state index contributed by atoms with van der Waals surface area (Å²) in [6.07, 6.45) is 4.41. The van der Waals surface area contributed by atoms with Crippen LogP contribution in [0.4, 0.5) is 0 Å². The lowest BCUT2D eigenvalue weighted by Gasteiger charge is -2.05. The molecule has 21 heavy (non-hydrogen) atoms. The molecule has 1 aromatic carbocycles. The Labute approximate surface area is 123 Å². The first-order valence-corrected chi connectivity index (χ1v) is 7.00. The Kier molecular flexibility index (Phi) is 3.69.